The number of ether oxygens (including phenoxy) is 2. The van der Waals surface area contributed by atoms with Crippen LogP contribution in [0.15, 0.2) is 60.0 Å². The van der Waals surface area contributed by atoms with Gasteiger partial charge in [0.05, 0.1) is 18.8 Å². The molecule has 2 heterocycles. The first-order valence-corrected chi connectivity index (χ1v) is 14.0. The van der Waals surface area contributed by atoms with Crippen LogP contribution in [0.25, 0.3) is 0 Å². The Labute approximate surface area is 231 Å². The van der Waals surface area contributed by atoms with E-state index in [1.54, 1.807) is 11.8 Å². The number of carboxylic acids is 1. The molecule has 0 aliphatic carbocycles. The van der Waals surface area contributed by atoms with Crippen LogP contribution in [0.4, 0.5) is 0 Å². The molecule has 1 aromatic heterocycles. The van der Waals surface area contributed by atoms with E-state index in [2.05, 4.69) is 20.5 Å². The van der Waals surface area contributed by atoms with Crippen molar-refractivity contribution in [1.29, 1.82) is 0 Å². The number of unbranched alkanes of at least 4 members (excludes halogenated alkanes) is 2. The minimum atomic E-state index is -0.806. The average Bonchev–Trinajstić information content (AvgIpc) is 3.49. The van der Waals surface area contributed by atoms with E-state index in [9.17, 15) is 14.7 Å². The Bertz CT molecular complexity index is 1170. The van der Waals surface area contributed by atoms with Gasteiger partial charge in [-0.1, -0.05) is 66.7 Å². The van der Waals surface area contributed by atoms with Crippen molar-refractivity contribution in [3.05, 3.63) is 77.1 Å². The van der Waals surface area contributed by atoms with Crippen molar-refractivity contribution in [2.24, 2.45) is 0 Å². The van der Waals surface area contributed by atoms with Crippen molar-refractivity contribution in [2.75, 3.05) is 5.75 Å². The number of benzene rings is 2. The second-order valence-corrected chi connectivity index (χ2v) is 10.4. The summed E-state index contributed by atoms with van der Waals surface area (Å²) in [5, 5.41) is 28.5. The van der Waals surface area contributed by atoms with Gasteiger partial charge in [0, 0.05) is 37.1 Å². The molecule has 10 nitrogen and oxygen atoms in total. The first-order chi connectivity index (χ1) is 19.0. The van der Waals surface area contributed by atoms with Crippen LogP contribution in [0.5, 0.6) is 0 Å². The van der Waals surface area contributed by atoms with Crippen LogP contribution >= 0.6 is 11.8 Å². The Kier molecular flexibility index (Phi) is 10.9. The minimum Gasteiger partial charge on any atom is -0.481 e. The normalized spacial score (nSPS) is 19.1. The van der Waals surface area contributed by atoms with Crippen molar-refractivity contribution in [1.82, 2.24) is 20.5 Å². The molecule has 3 unspecified atom stereocenters. The third-order valence-corrected chi connectivity index (χ3v) is 7.46. The highest BCUT2D eigenvalue weighted by Crippen LogP contribution is 2.39. The summed E-state index contributed by atoms with van der Waals surface area (Å²) in [4.78, 5) is 26.9. The first-order valence-electron chi connectivity index (χ1n) is 13.1. The van der Waals surface area contributed by atoms with E-state index in [-0.39, 0.29) is 31.1 Å². The standard InChI is InChI=1S/C28H34N4O6S/c33-16-20-8-10-21(11-9-20)24-14-23(17-39-28-30-18-31-32-28)37-27(38-24)22-12-6-19(7-13-22)15-29-25(34)4-2-1-3-5-26(35)36/h6-13,18,23-24,27,33H,1-5,14-17H2,(H,29,34)(H,35,36)(H,30,31,32). The van der Waals surface area contributed by atoms with E-state index in [0.717, 1.165) is 33.8 Å². The molecule has 2 aromatic carbocycles. The van der Waals surface area contributed by atoms with Gasteiger partial charge in [-0.25, -0.2) is 4.98 Å². The number of H-pyrrole nitrogens is 1. The first kappa shape index (κ1) is 28.8. The monoisotopic (exact) mass is 554 g/mol. The second kappa shape index (κ2) is 14.8. The number of aliphatic hydroxyl groups is 1. The number of thioether (sulfide) groups is 1. The lowest BCUT2D eigenvalue weighted by molar-refractivity contribution is -0.245. The number of aromatic nitrogens is 3. The third-order valence-electron chi connectivity index (χ3n) is 6.45. The van der Waals surface area contributed by atoms with Crippen molar-refractivity contribution in [3.63, 3.8) is 0 Å². The molecule has 3 atom stereocenters. The summed E-state index contributed by atoms with van der Waals surface area (Å²) < 4.78 is 12.7. The Balaban J connectivity index is 1.33. The molecule has 1 saturated heterocycles. The number of carbonyl (C=O) groups is 2. The van der Waals surface area contributed by atoms with Gasteiger partial charge in [0.25, 0.3) is 0 Å². The van der Waals surface area contributed by atoms with Crippen molar-refractivity contribution in [3.8, 4) is 0 Å². The fourth-order valence-corrected chi connectivity index (χ4v) is 5.08. The minimum absolute atomic E-state index is 0.00637. The number of aliphatic carboxylic acids is 1. The van der Waals surface area contributed by atoms with Crippen molar-refractivity contribution >= 4 is 23.6 Å². The zero-order chi connectivity index (χ0) is 27.5. The number of nitrogens with zero attached hydrogens (tertiary/aromatic N) is 2. The molecule has 208 valence electrons. The number of rotatable bonds is 14. The molecule has 11 heteroatoms. The summed E-state index contributed by atoms with van der Waals surface area (Å²) in [6, 6.07) is 15.6. The predicted molar refractivity (Wildman–Crippen MR) is 145 cm³/mol. The molecule has 3 aromatic rings. The molecule has 1 amide bonds. The van der Waals surface area contributed by atoms with Gasteiger partial charge in [-0.15, -0.1) is 0 Å². The van der Waals surface area contributed by atoms with E-state index in [1.165, 1.54) is 6.33 Å². The van der Waals surface area contributed by atoms with Crippen molar-refractivity contribution < 1.29 is 29.3 Å². The fourth-order valence-electron chi connectivity index (χ4n) is 4.28. The van der Waals surface area contributed by atoms with Gasteiger partial charge in [0.15, 0.2) is 11.4 Å². The van der Waals surface area contributed by atoms with Crippen LogP contribution in [0, 0.1) is 0 Å². The van der Waals surface area contributed by atoms with Crippen LogP contribution in [0.3, 0.4) is 0 Å². The maximum absolute atomic E-state index is 12.1. The highest BCUT2D eigenvalue weighted by atomic mass is 32.2. The van der Waals surface area contributed by atoms with E-state index in [1.807, 2.05) is 48.5 Å². The average molecular weight is 555 g/mol. The van der Waals surface area contributed by atoms with Gasteiger partial charge in [-0.05, 0) is 29.5 Å². The Morgan fingerprint density at radius 3 is 2.38 bits per heavy atom. The topological polar surface area (TPSA) is 147 Å². The van der Waals surface area contributed by atoms with Gasteiger partial charge >= 0.3 is 5.97 Å². The number of carboxylic acid groups (broad SMARTS) is 1. The van der Waals surface area contributed by atoms with Crippen LogP contribution in [0.2, 0.25) is 0 Å². The van der Waals surface area contributed by atoms with Gasteiger partial charge in [-0.2, -0.15) is 5.10 Å². The van der Waals surface area contributed by atoms with E-state index in [0.29, 0.717) is 38.0 Å². The van der Waals surface area contributed by atoms with Crippen LogP contribution < -0.4 is 5.32 Å². The van der Waals surface area contributed by atoms with E-state index < -0.39 is 12.3 Å². The van der Waals surface area contributed by atoms with Crippen LogP contribution in [-0.4, -0.2) is 49.1 Å². The highest BCUT2D eigenvalue weighted by molar-refractivity contribution is 7.99. The fraction of sp³-hybridized carbons (Fsp3) is 0.429. The van der Waals surface area contributed by atoms with Gasteiger partial charge < -0.3 is 25.0 Å². The Morgan fingerprint density at radius 2 is 1.69 bits per heavy atom. The molecule has 0 bridgehead atoms. The molecule has 39 heavy (non-hydrogen) atoms. The van der Waals surface area contributed by atoms with Crippen molar-refractivity contribution in [2.45, 2.75) is 75.3 Å². The molecular weight excluding hydrogens is 520 g/mol. The predicted octanol–water partition coefficient (Wildman–Crippen LogP) is 4.29. The lowest BCUT2D eigenvalue weighted by Crippen LogP contribution is -2.31. The highest BCUT2D eigenvalue weighted by Gasteiger charge is 2.32. The quantitative estimate of drug-likeness (QED) is 0.169. The number of nitrogens with one attached hydrogen (secondary N) is 2. The smallest absolute Gasteiger partial charge is 0.303 e. The number of aliphatic hydroxyl groups excluding tert-OH is 1. The SMILES string of the molecule is O=C(O)CCCCCC(=O)NCc1ccc(C2OC(CSc3ncn[nH]3)CC(c3ccc(CO)cc3)O2)cc1. The molecule has 4 N–H and O–H groups in total. The molecule has 1 fully saturated rings. The second-order valence-electron chi connectivity index (χ2n) is 9.42. The van der Waals surface area contributed by atoms with Gasteiger partial charge in [-0.3, -0.25) is 14.7 Å². The summed E-state index contributed by atoms with van der Waals surface area (Å²) in [6.45, 7) is 0.407. The maximum Gasteiger partial charge on any atom is 0.303 e. The Hall–Kier alpha value is -3.25. The van der Waals surface area contributed by atoms with Gasteiger partial charge in [0.2, 0.25) is 5.91 Å². The number of aromatic amines is 1. The summed E-state index contributed by atoms with van der Waals surface area (Å²) in [5.41, 5.74) is 3.72. The molecule has 0 radical (unpaired) electrons. The Morgan fingerprint density at radius 1 is 0.974 bits per heavy atom. The molecular formula is C28H34N4O6S. The van der Waals surface area contributed by atoms with E-state index in [4.69, 9.17) is 14.6 Å². The summed E-state index contributed by atoms with van der Waals surface area (Å²) >= 11 is 1.55. The van der Waals surface area contributed by atoms with Crippen LogP contribution in [0.1, 0.15) is 73.2 Å². The number of amides is 1. The molecule has 0 saturated carbocycles. The zero-order valence-electron chi connectivity index (χ0n) is 21.6. The third kappa shape index (κ3) is 9.17. The van der Waals surface area contributed by atoms with Gasteiger partial charge in [0.1, 0.15) is 6.33 Å². The molecule has 1 aliphatic rings. The molecule has 0 spiro atoms. The summed E-state index contributed by atoms with van der Waals surface area (Å²) in [6.07, 6.45) is 3.84. The molecule has 1 aliphatic heterocycles. The maximum atomic E-state index is 12.1. The number of hydrogen-bond donors (Lipinski definition) is 4. The summed E-state index contributed by atoms with van der Waals surface area (Å²) in [7, 11) is 0. The lowest BCUT2D eigenvalue weighted by atomic mass is 10.0. The molecule has 4 rings (SSSR count). The number of hydrogen-bond acceptors (Lipinski definition) is 8. The zero-order valence-corrected chi connectivity index (χ0v) is 22.4. The van der Waals surface area contributed by atoms with E-state index >= 15 is 0 Å². The van der Waals surface area contributed by atoms with Crippen LogP contribution in [-0.2, 0) is 32.2 Å². The lowest BCUT2D eigenvalue weighted by Gasteiger charge is -2.36. The number of carbonyl (C=O) groups excluding carboxylic acids is 1. The largest absolute Gasteiger partial charge is 0.481 e. The summed E-state index contributed by atoms with van der Waals surface area (Å²) in [5.74, 6) is -0.170.